The molecule has 1 aromatic heterocycles. The number of rotatable bonds is 3. The van der Waals surface area contributed by atoms with Crippen LogP contribution in [0.1, 0.15) is 24.7 Å². The molecule has 1 aliphatic heterocycles. The number of halogens is 1. The van der Waals surface area contributed by atoms with Crippen molar-refractivity contribution in [2.75, 3.05) is 18.0 Å². The first kappa shape index (κ1) is 13.5. The van der Waals surface area contributed by atoms with Crippen LogP contribution < -0.4 is 4.90 Å². The predicted molar refractivity (Wildman–Crippen MR) is 70.0 cm³/mol. The summed E-state index contributed by atoms with van der Waals surface area (Å²) in [6.07, 6.45) is 0.260. The van der Waals surface area contributed by atoms with E-state index in [0.717, 1.165) is 18.4 Å². The lowest BCUT2D eigenvalue weighted by molar-refractivity contribution is 0.0572. The number of hydrogen-bond donors (Lipinski definition) is 2. The summed E-state index contributed by atoms with van der Waals surface area (Å²) in [6.45, 7) is 4.66. The number of hydrogen-bond acceptors (Lipinski definition) is 5. The van der Waals surface area contributed by atoms with Crippen molar-refractivity contribution in [3.8, 4) is 0 Å². The largest absolute Gasteiger partial charge is 0.389 e. The van der Waals surface area contributed by atoms with Crippen molar-refractivity contribution in [2.45, 2.75) is 38.9 Å². The number of aliphatic hydroxyl groups is 2. The first-order valence-corrected chi connectivity index (χ1v) is 6.54. The van der Waals surface area contributed by atoms with Gasteiger partial charge in [0.15, 0.2) is 0 Å². The van der Waals surface area contributed by atoms with Gasteiger partial charge in [-0.25, -0.2) is 9.97 Å². The zero-order valence-corrected chi connectivity index (χ0v) is 11.4. The van der Waals surface area contributed by atoms with Gasteiger partial charge >= 0.3 is 0 Å². The number of nitrogens with zero attached hydrogens (tertiary/aromatic N) is 3. The molecule has 2 rings (SSSR count). The van der Waals surface area contributed by atoms with Crippen molar-refractivity contribution in [3.63, 3.8) is 0 Å². The Morgan fingerprint density at radius 2 is 1.89 bits per heavy atom. The molecule has 100 valence electrons. The maximum absolute atomic E-state index is 9.59. The van der Waals surface area contributed by atoms with Gasteiger partial charge in [0, 0.05) is 25.1 Å². The Bertz CT molecular complexity index is 432. The molecule has 2 unspecified atom stereocenters. The van der Waals surface area contributed by atoms with Crippen LogP contribution in [0, 0.1) is 6.92 Å². The predicted octanol–water partition coefficient (Wildman–Crippen LogP) is 0.933. The van der Waals surface area contributed by atoms with Gasteiger partial charge in [-0.3, -0.25) is 0 Å². The molecular weight excluding hydrogens is 254 g/mol. The number of β-amino-alcohol motifs (C(OH)–C–C–N with tert-alkyl or cyclic N) is 2. The van der Waals surface area contributed by atoms with Gasteiger partial charge in [-0.15, -0.1) is 0 Å². The second kappa shape index (κ2) is 5.38. The molecule has 0 spiro atoms. The van der Waals surface area contributed by atoms with E-state index in [-0.39, 0.29) is 0 Å². The van der Waals surface area contributed by atoms with E-state index in [4.69, 9.17) is 11.6 Å². The standard InChI is InChI=1S/C12H18ClN3O2/c1-3-4-10-14-11(13)7(2)12(15-10)16-5-8(17)9(18)6-16/h8-9,17-18H,3-6H2,1-2H3. The molecule has 5 nitrogen and oxygen atoms in total. The molecular formula is C12H18ClN3O2. The highest BCUT2D eigenvalue weighted by molar-refractivity contribution is 6.30. The normalized spacial score (nSPS) is 23.7. The fraction of sp³-hybridized carbons (Fsp3) is 0.667. The average Bonchev–Trinajstić information content (AvgIpc) is 2.64. The molecule has 0 amide bonds. The summed E-state index contributed by atoms with van der Waals surface area (Å²) in [5, 5.41) is 19.6. The van der Waals surface area contributed by atoms with E-state index in [9.17, 15) is 10.2 Å². The summed E-state index contributed by atoms with van der Waals surface area (Å²) in [5.74, 6) is 1.42. The monoisotopic (exact) mass is 271 g/mol. The van der Waals surface area contributed by atoms with E-state index in [1.54, 1.807) is 0 Å². The van der Waals surface area contributed by atoms with Crippen molar-refractivity contribution >= 4 is 17.4 Å². The van der Waals surface area contributed by atoms with Crippen LogP contribution in [-0.4, -0.2) is 45.5 Å². The van der Waals surface area contributed by atoms with Crippen LogP contribution in [0.3, 0.4) is 0 Å². The molecule has 1 aromatic rings. The van der Waals surface area contributed by atoms with Gasteiger partial charge in [0.25, 0.3) is 0 Å². The molecule has 0 radical (unpaired) electrons. The zero-order valence-electron chi connectivity index (χ0n) is 10.6. The molecule has 1 saturated heterocycles. The second-order valence-corrected chi connectivity index (χ2v) is 5.03. The smallest absolute Gasteiger partial charge is 0.137 e. The Balaban J connectivity index is 2.32. The summed E-state index contributed by atoms with van der Waals surface area (Å²) in [5.41, 5.74) is 0.790. The van der Waals surface area contributed by atoms with Crippen molar-refractivity contribution in [3.05, 3.63) is 16.5 Å². The fourth-order valence-corrected chi connectivity index (χ4v) is 2.29. The molecule has 6 heteroatoms. The molecule has 2 atom stereocenters. The molecule has 0 saturated carbocycles. The Morgan fingerprint density at radius 1 is 1.28 bits per heavy atom. The quantitative estimate of drug-likeness (QED) is 0.801. The van der Waals surface area contributed by atoms with Crippen molar-refractivity contribution in [1.82, 2.24) is 9.97 Å². The number of aliphatic hydroxyl groups excluding tert-OH is 2. The molecule has 0 bridgehead atoms. The highest BCUT2D eigenvalue weighted by Gasteiger charge is 2.31. The Kier molecular flexibility index (Phi) is 4.04. The van der Waals surface area contributed by atoms with Gasteiger partial charge in [-0.2, -0.15) is 0 Å². The third-order valence-electron chi connectivity index (χ3n) is 3.14. The molecule has 0 aliphatic carbocycles. The third-order valence-corrected chi connectivity index (χ3v) is 3.51. The molecule has 2 heterocycles. The summed E-state index contributed by atoms with van der Waals surface area (Å²) < 4.78 is 0. The van der Waals surface area contributed by atoms with Crippen LogP contribution in [0.25, 0.3) is 0 Å². The van der Waals surface area contributed by atoms with Gasteiger partial charge in [0.05, 0.1) is 12.2 Å². The van der Waals surface area contributed by atoms with E-state index in [2.05, 4.69) is 16.9 Å². The summed E-state index contributed by atoms with van der Waals surface area (Å²) in [7, 11) is 0. The molecule has 1 aliphatic rings. The van der Waals surface area contributed by atoms with Crippen LogP contribution in [0.2, 0.25) is 5.15 Å². The van der Waals surface area contributed by atoms with Crippen LogP contribution in [0.5, 0.6) is 0 Å². The lowest BCUT2D eigenvalue weighted by Crippen LogP contribution is -2.24. The summed E-state index contributed by atoms with van der Waals surface area (Å²) in [4.78, 5) is 10.6. The molecule has 0 aromatic carbocycles. The fourth-order valence-electron chi connectivity index (χ4n) is 2.11. The van der Waals surface area contributed by atoms with E-state index in [1.807, 2.05) is 11.8 Å². The van der Waals surface area contributed by atoms with Crippen LogP contribution in [-0.2, 0) is 6.42 Å². The van der Waals surface area contributed by atoms with Crippen molar-refractivity contribution in [2.24, 2.45) is 0 Å². The van der Waals surface area contributed by atoms with Gasteiger partial charge in [0.2, 0.25) is 0 Å². The number of aryl methyl sites for hydroxylation is 1. The minimum atomic E-state index is -0.729. The van der Waals surface area contributed by atoms with E-state index in [1.165, 1.54) is 0 Å². The van der Waals surface area contributed by atoms with Crippen LogP contribution in [0.4, 0.5) is 5.82 Å². The van der Waals surface area contributed by atoms with Crippen molar-refractivity contribution in [1.29, 1.82) is 0 Å². The Labute approximate surface area is 111 Å². The summed E-state index contributed by atoms with van der Waals surface area (Å²) >= 11 is 6.10. The molecule has 2 N–H and O–H groups in total. The second-order valence-electron chi connectivity index (χ2n) is 4.67. The van der Waals surface area contributed by atoms with Crippen LogP contribution in [0.15, 0.2) is 0 Å². The Morgan fingerprint density at radius 3 is 2.44 bits per heavy atom. The Hall–Kier alpha value is -0.910. The lowest BCUT2D eigenvalue weighted by atomic mass is 10.3. The van der Waals surface area contributed by atoms with E-state index >= 15 is 0 Å². The topological polar surface area (TPSA) is 69.5 Å². The highest BCUT2D eigenvalue weighted by atomic mass is 35.5. The maximum atomic E-state index is 9.59. The van der Waals surface area contributed by atoms with E-state index in [0.29, 0.717) is 29.9 Å². The highest BCUT2D eigenvalue weighted by Crippen LogP contribution is 2.26. The van der Waals surface area contributed by atoms with Gasteiger partial charge < -0.3 is 15.1 Å². The van der Waals surface area contributed by atoms with Crippen LogP contribution >= 0.6 is 11.6 Å². The number of aromatic nitrogens is 2. The average molecular weight is 272 g/mol. The molecule has 18 heavy (non-hydrogen) atoms. The van der Waals surface area contributed by atoms with Gasteiger partial charge in [-0.1, -0.05) is 18.5 Å². The van der Waals surface area contributed by atoms with Gasteiger partial charge in [-0.05, 0) is 13.3 Å². The number of anilines is 1. The lowest BCUT2D eigenvalue weighted by Gasteiger charge is -2.20. The minimum absolute atomic E-state index is 0.376. The van der Waals surface area contributed by atoms with Crippen molar-refractivity contribution < 1.29 is 10.2 Å². The molecule has 1 fully saturated rings. The third kappa shape index (κ3) is 2.58. The van der Waals surface area contributed by atoms with Gasteiger partial charge in [0.1, 0.15) is 16.8 Å². The SMILES string of the molecule is CCCc1nc(Cl)c(C)c(N2CC(O)C(O)C2)n1. The zero-order chi connectivity index (χ0) is 13.3. The maximum Gasteiger partial charge on any atom is 0.137 e. The first-order chi connectivity index (χ1) is 8.52. The minimum Gasteiger partial charge on any atom is -0.389 e. The van der Waals surface area contributed by atoms with E-state index < -0.39 is 12.2 Å². The first-order valence-electron chi connectivity index (χ1n) is 6.17. The summed E-state index contributed by atoms with van der Waals surface area (Å²) in [6, 6.07) is 0.